The van der Waals surface area contributed by atoms with Gasteiger partial charge in [-0.2, -0.15) is 0 Å². The molecule has 4 heteroatoms. The Kier molecular flexibility index (Phi) is 2.49. The number of hydrogen-bond acceptors (Lipinski definition) is 3. The maximum absolute atomic E-state index is 6.04. The van der Waals surface area contributed by atoms with Crippen LogP contribution in [-0.4, -0.2) is 17.1 Å². The molecule has 0 bridgehead atoms. The molecule has 0 spiro atoms. The van der Waals surface area contributed by atoms with Crippen LogP contribution in [0, 0.1) is 13.8 Å². The molecule has 0 atom stereocenters. The van der Waals surface area contributed by atoms with Gasteiger partial charge >= 0.3 is 0 Å². The van der Waals surface area contributed by atoms with Crippen molar-refractivity contribution in [1.82, 2.24) is 9.97 Å². The molecule has 0 unspecified atom stereocenters. The van der Waals surface area contributed by atoms with Gasteiger partial charge in [-0.15, -0.1) is 0 Å². The largest absolute Gasteiger partial charge is 0.496 e. The lowest BCUT2D eigenvalue weighted by Gasteiger charge is -2.07. The summed E-state index contributed by atoms with van der Waals surface area (Å²) in [5, 5.41) is 1.35. The van der Waals surface area contributed by atoms with E-state index in [1.807, 2.05) is 26.0 Å². The zero-order chi connectivity index (χ0) is 11.0. The Morgan fingerprint density at radius 1 is 1.20 bits per heavy atom. The highest BCUT2D eigenvalue weighted by atomic mass is 35.5. The van der Waals surface area contributed by atoms with Gasteiger partial charge < -0.3 is 4.74 Å². The average Bonchev–Trinajstić information content (AvgIpc) is 2.18. The molecule has 15 heavy (non-hydrogen) atoms. The zero-order valence-electron chi connectivity index (χ0n) is 8.84. The van der Waals surface area contributed by atoms with Crippen LogP contribution in [0.3, 0.4) is 0 Å². The molecule has 1 aromatic carbocycles. The number of aromatic nitrogens is 2. The third-order valence-electron chi connectivity index (χ3n) is 2.28. The molecule has 0 aliphatic carbocycles. The Labute approximate surface area is 93.1 Å². The molecule has 0 aliphatic rings. The van der Waals surface area contributed by atoms with Crippen LogP contribution >= 0.6 is 11.6 Å². The first-order chi connectivity index (χ1) is 7.11. The maximum Gasteiger partial charge on any atom is 0.140 e. The Hall–Kier alpha value is -1.35. The molecule has 3 nitrogen and oxygen atoms in total. The molecule has 0 aliphatic heterocycles. The van der Waals surface area contributed by atoms with Crippen molar-refractivity contribution in [3.63, 3.8) is 0 Å². The van der Waals surface area contributed by atoms with Crippen molar-refractivity contribution in [2.24, 2.45) is 0 Å². The topological polar surface area (TPSA) is 35.0 Å². The Morgan fingerprint density at radius 3 is 2.60 bits per heavy atom. The lowest BCUT2D eigenvalue weighted by atomic mass is 10.1. The summed E-state index contributed by atoms with van der Waals surface area (Å²) in [5.74, 6) is 1.48. The minimum atomic E-state index is 0.489. The number of aryl methyl sites for hydroxylation is 2. The number of hydrogen-bond donors (Lipinski definition) is 0. The first-order valence-corrected chi connectivity index (χ1v) is 4.98. The number of rotatable bonds is 1. The van der Waals surface area contributed by atoms with Crippen LogP contribution in [0.2, 0.25) is 5.15 Å². The van der Waals surface area contributed by atoms with Crippen molar-refractivity contribution < 1.29 is 4.74 Å². The van der Waals surface area contributed by atoms with E-state index >= 15 is 0 Å². The van der Waals surface area contributed by atoms with Crippen LogP contribution < -0.4 is 4.74 Å². The van der Waals surface area contributed by atoms with Crippen molar-refractivity contribution in [3.8, 4) is 5.75 Å². The third-order valence-corrected chi connectivity index (χ3v) is 2.57. The van der Waals surface area contributed by atoms with Gasteiger partial charge in [0.2, 0.25) is 0 Å². The van der Waals surface area contributed by atoms with Gasteiger partial charge in [0.05, 0.1) is 12.6 Å². The second-order valence-corrected chi connectivity index (χ2v) is 3.76. The van der Waals surface area contributed by atoms with Gasteiger partial charge in [0, 0.05) is 11.5 Å². The summed E-state index contributed by atoms with van der Waals surface area (Å²) in [6.07, 6.45) is 0. The monoisotopic (exact) mass is 222 g/mol. The van der Waals surface area contributed by atoms with E-state index in [2.05, 4.69) is 9.97 Å². The van der Waals surface area contributed by atoms with Crippen molar-refractivity contribution >= 4 is 22.5 Å². The van der Waals surface area contributed by atoms with Crippen LogP contribution in [0.25, 0.3) is 10.9 Å². The fourth-order valence-corrected chi connectivity index (χ4v) is 1.83. The third kappa shape index (κ3) is 1.75. The number of methoxy groups -OCH3 is 1. The molecular weight excluding hydrogens is 212 g/mol. The zero-order valence-corrected chi connectivity index (χ0v) is 9.59. The summed E-state index contributed by atoms with van der Waals surface area (Å²) in [6.45, 7) is 3.78. The smallest absolute Gasteiger partial charge is 0.140 e. The maximum atomic E-state index is 6.04. The second kappa shape index (κ2) is 3.66. The molecule has 1 heterocycles. The van der Waals surface area contributed by atoms with Gasteiger partial charge in [0.25, 0.3) is 0 Å². The molecule has 2 rings (SSSR count). The number of benzene rings is 1. The van der Waals surface area contributed by atoms with Gasteiger partial charge in [-0.05, 0) is 25.5 Å². The van der Waals surface area contributed by atoms with Crippen LogP contribution in [-0.2, 0) is 0 Å². The molecule has 0 saturated carbocycles. The number of ether oxygens (including phenoxy) is 1. The normalized spacial score (nSPS) is 10.7. The van der Waals surface area contributed by atoms with Crippen molar-refractivity contribution in [1.29, 1.82) is 0 Å². The molecule has 0 radical (unpaired) electrons. The van der Waals surface area contributed by atoms with Crippen molar-refractivity contribution in [2.45, 2.75) is 13.8 Å². The first kappa shape index (κ1) is 10.2. The SMILES string of the molecule is COc1cc2nc(C)nc(Cl)c2cc1C. The van der Waals surface area contributed by atoms with Crippen LogP contribution in [0.5, 0.6) is 5.75 Å². The second-order valence-electron chi connectivity index (χ2n) is 3.40. The number of nitrogens with zero attached hydrogens (tertiary/aromatic N) is 2. The van der Waals surface area contributed by atoms with Gasteiger partial charge in [0.1, 0.15) is 16.7 Å². The van der Waals surface area contributed by atoms with Crippen LogP contribution in [0.4, 0.5) is 0 Å². The quantitative estimate of drug-likeness (QED) is 0.696. The molecule has 0 fully saturated rings. The predicted octanol–water partition coefficient (Wildman–Crippen LogP) is 2.91. The fourth-order valence-electron chi connectivity index (χ4n) is 1.56. The van der Waals surface area contributed by atoms with Crippen molar-refractivity contribution in [2.75, 3.05) is 7.11 Å². The highest BCUT2D eigenvalue weighted by Crippen LogP contribution is 2.27. The molecule has 0 N–H and O–H groups in total. The van der Waals surface area contributed by atoms with E-state index in [1.54, 1.807) is 7.11 Å². The molecule has 0 amide bonds. The van der Waals surface area contributed by atoms with E-state index < -0.39 is 0 Å². The summed E-state index contributed by atoms with van der Waals surface area (Å²) in [6, 6.07) is 3.82. The highest BCUT2D eigenvalue weighted by Gasteiger charge is 2.07. The van der Waals surface area contributed by atoms with Crippen LogP contribution in [0.15, 0.2) is 12.1 Å². The van der Waals surface area contributed by atoms with Crippen molar-refractivity contribution in [3.05, 3.63) is 28.7 Å². The summed E-state index contributed by atoms with van der Waals surface area (Å²) >= 11 is 6.04. The number of fused-ring (bicyclic) bond motifs is 1. The predicted molar refractivity (Wildman–Crippen MR) is 60.6 cm³/mol. The standard InChI is InChI=1S/C11H11ClN2O/c1-6-4-8-9(5-10(6)15-3)13-7(2)14-11(8)12/h4-5H,1-3H3. The Bertz CT molecular complexity index is 525. The minimum Gasteiger partial charge on any atom is -0.496 e. The van der Waals surface area contributed by atoms with E-state index in [4.69, 9.17) is 16.3 Å². The van der Waals surface area contributed by atoms with Gasteiger partial charge in [-0.1, -0.05) is 11.6 Å². The molecule has 78 valence electrons. The fraction of sp³-hybridized carbons (Fsp3) is 0.273. The molecule has 0 saturated heterocycles. The molecule has 2 aromatic rings. The van der Waals surface area contributed by atoms with E-state index in [0.29, 0.717) is 11.0 Å². The Balaban J connectivity index is 2.81. The average molecular weight is 223 g/mol. The molecular formula is C11H11ClN2O. The van der Waals surface area contributed by atoms with Gasteiger partial charge in [-0.25, -0.2) is 9.97 Å². The Morgan fingerprint density at radius 2 is 1.93 bits per heavy atom. The van der Waals surface area contributed by atoms with Gasteiger partial charge in [-0.3, -0.25) is 0 Å². The first-order valence-electron chi connectivity index (χ1n) is 4.60. The highest BCUT2D eigenvalue weighted by molar-refractivity contribution is 6.34. The van der Waals surface area contributed by atoms with Gasteiger partial charge in [0.15, 0.2) is 0 Å². The summed E-state index contributed by atoms with van der Waals surface area (Å²) < 4.78 is 5.23. The number of halogens is 1. The van der Waals surface area contributed by atoms with E-state index in [9.17, 15) is 0 Å². The minimum absolute atomic E-state index is 0.489. The van der Waals surface area contributed by atoms with E-state index in [1.165, 1.54) is 0 Å². The van der Waals surface area contributed by atoms with Crippen LogP contribution in [0.1, 0.15) is 11.4 Å². The van der Waals surface area contributed by atoms with E-state index in [-0.39, 0.29) is 0 Å². The molecule has 1 aromatic heterocycles. The summed E-state index contributed by atoms with van der Waals surface area (Å²) in [5.41, 5.74) is 1.84. The van der Waals surface area contributed by atoms with E-state index in [0.717, 1.165) is 22.2 Å². The lowest BCUT2D eigenvalue weighted by Crippen LogP contribution is -1.93. The lowest BCUT2D eigenvalue weighted by molar-refractivity contribution is 0.412. The summed E-state index contributed by atoms with van der Waals surface area (Å²) in [4.78, 5) is 8.42. The summed E-state index contributed by atoms with van der Waals surface area (Å²) in [7, 11) is 1.64.